The fourth-order valence-electron chi connectivity index (χ4n) is 2.25. The number of carbonyl (C=O) groups is 1. The molecule has 1 aromatic carbocycles. The van der Waals surface area contributed by atoms with Gasteiger partial charge in [0.2, 0.25) is 0 Å². The average Bonchev–Trinajstić information content (AvgIpc) is 2.75. The minimum atomic E-state index is -0.654. The lowest BCUT2D eigenvalue weighted by Crippen LogP contribution is -2.29. The highest BCUT2D eigenvalue weighted by atomic mass is 16.6. The van der Waals surface area contributed by atoms with E-state index in [9.17, 15) is 9.90 Å². The van der Waals surface area contributed by atoms with Gasteiger partial charge in [0.1, 0.15) is 6.61 Å². The number of β-amino-alcohol motifs (C(OH)–C–C–N with tert-alkyl or cyclic N) is 1. The monoisotopic (exact) mass is 263 g/mol. The summed E-state index contributed by atoms with van der Waals surface area (Å²) in [4.78, 5) is 12.8. The Labute approximate surface area is 114 Å². The van der Waals surface area contributed by atoms with Gasteiger partial charge < -0.3 is 14.7 Å². The Kier molecular flexibility index (Phi) is 4.43. The molecule has 0 aromatic heterocycles. The van der Waals surface area contributed by atoms with Crippen LogP contribution in [0.1, 0.15) is 31.1 Å². The van der Waals surface area contributed by atoms with Gasteiger partial charge in [-0.2, -0.15) is 0 Å². The van der Waals surface area contributed by atoms with E-state index in [1.165, 1.54) is 10.5 Å². The molecule has 0 radical (unpaired) electrons. The molecule has 1 aromatic rings. The molecule has 0 saturated carbocycles. The summed E-state index contributed by atoms with van der Waals surface area (Å²) in [6.07, 6.45) is 0.0451. The summed E-state index contributed by atoms with van der Waals surface area (Å²) in [7, 11) is 0. The zero-order valence-corrected chi connectivity index (χ0v) is 11.5. The van der Waals surface area contributed by atoms with Gasteiger partial charge in [0.05, 0.1) is 19.2 Å². The van der Waals surface area contributed by atoms with Gasteiger partial charge in [0, 0.05) is 0 Å². The van der Waals surface area contributed by atoms with Gasteiger partial charge in [-0.25, -0.2) is 4.79 Å². The second kappa shape index (κ2) is 6.06. The van der Waals surface area contributed by atoms with Crippen LogP contribution in [0.4, 0.5) is 4.79 Å². The number of carbonyl (C=O) groups excluding carboxylic acids is 1. The van der Waals surface area contributed by atoms with Crippen LogP contribution in [0.15, 0.2) is 24.3 Å². The number of hydrogen-bond acceptors (Lipinski definition) is 3. The number of benzene rings is 1. The Morgan fingerprint density at radius 1 is 1.32 bits per heavy atom. The standard InChI is InChI=1S/C15H21NO3/c1-11(2)9-12-3-5-13(6-4-12)14(17)10-16-7-8-19-15(16)18/h3-6,11,14,17H,7-10H2,1-2H3. The lowest BCUT2D eigenvalue weighted by Gasteiger charge is -2.18. The summed E-state index contributed by atoms with van der Waals surface area (Å²) in [6, 6.07) is 7.95. The lowest BCUT2D eigenvalue weighted by molar-refractivity contribution is 0.118. The van der Waals surface area contributed by atoms with Crippen molar-refractivity contribution in [2.75, 3.05) is 19.7 Å². The largest absolute Gasteiger partial charge is 0.448 e. The van der Waals surface area contributed by atoms with E-state index in [2.05, 4.69) is 13.8 Å². The van der Waals surface area contributed by atoms with Gasteiger partial charge in [-0.15, -0.1) is 0 Å². The molecular formula is C15H21NO3. The first-order chi connectivity index (χ1) is 9.06. The quantitative estimate of drug-likeness (QED) is 0.887. The van der Waals surface area contributed by atoms with Crippen LogP contribution in [0.3, 0.4) is 0 Å². The molecule has 1 fully saturated rings. The van der Waals surface area contributed by atoms with Gasteiger partial charge in [0.25, 0.3) is 0 Å². The second-order valence-electron chi connectivity index (χ2n) is 5.42. The van der Waals surface area contributed by atoms with E-state index in [0.717, 1.165) is 12.0 Å². The summed E-state index contributed by atoms with van der Waals surface area (Å²) >= 11 is 0. The topological polar surface area (TPSA) is 49.8 Å². The number of cyclic esters (lactones) is 1. The van der Waals surface area contributed by atoms with Gasteiger partial charge in [-0.1, -0.05) is 38.1 Å². The van der Waals surface area contributed by atoms with Gasteiger partial charge in [-0.3, -0.25) is 0 Å². The van der Waals surface area contributed by atoms with E-state index in [-0.39, 0.29) is 6.09 Å². The maximum Gasteiger partial charge on any atom is 0.410 e. The van der Waals surface area contributed by atoms with Crippen LogP contribution in [-0.4, -0.2) is 35.8 Å². The highest BCUT2D eigenvalue weighted by Gasteiger charge is 2.24. The van der Waals surface area contributed by atoms with Crippen LogP contribution >= 0.6 is 0 Å². The van der Waals surface area contributed by atoms with Crippen LogP contribution in [0.2, 0.25) is 0 Å². The van der Waals surface area contributed by atoms with Crippen molar-refractivity contribution in [2.45, 2.75) is 26.4 Å². The van der Waals surface area contributed by atoms with Crippen molar-refractivity contribution in [2.24, 2.45) is 5.92 Å². The van der Waals surface area contributed by atoms with Crippen molar-refractivity contribution in [3.8, 4) is 0 Å². The van der Waals surface area contributed by atoms with Crippen molar-refractivity contribution < 1.29 is 14.6 Å². The fourth-order valence-corrected chi connectivity index (χ4v) is 2.25. The zero-order valence-electron chi connectivity index (χ0n) is 11.5. The Bertz CT molecular complexity index is 428. The van der Waals surface area contributed by atoms with Crippen molar-refractivity contribution in [3.05, 3.63) is 35.4 Å². The highest BCUT2D eigenvalue weighted by molar-refractivity contribution is 5.69. The minimum Gasteiger partial charge on any atom is -0.448 e. The molecule has 4 heteroatoms. The van der Waals surface area contributed by atoms with E-state index in [1.54, 1.807) is 0 Å². The molecule has 1 amide bonds. The summed E-state index contributed by atoms with van der Waals surface area (Å²) in [6.45, 7) is 5.63. The zero-order chi connectivity index (χ0) is 13.8. The Hall–Kier alpha value is -1.55. The molecular weight excluding hydrogens is 242 g/mol. The Balaban J connectivity index is 1.95. The first-order valence-electron chi connectivity index (χ1n) is 6.75. The maximum absolute atomic E-state index is 11.3. The van der Waals surface area contributed by atoms with Gasteiger partial charge in [0.15, 0.2) is 0 Å². The van der Waals surface area contributed by atoms with E-state index in [1.807, 2.05) is 24.3 Å². The Morgan fingerprint density at radius 3 is 2.53 bits per heavy atom. The van der Waals surface area contributed by atoms with Crippen LogP contribution in [0.5, 0.6) is 0 Å². The summed E-state index contributed by atoms with van der Waals surface area (Å²) in [5.41, 5.74) is 2.11. The number of hydrogen-bond donors (Lipinski definition) is 1. The van der Waals surface area contributed by atoms with Crippen molar-refractivity contribution >= 4 is 6.09 Å². The van der Waals surface area contributed by atoms with E-state index >= 15 is 0 Å². The summed E-state index contributed by atoms with van der Waals surface area (Å²) in [5.74, 6) is 0.621. The van der Waals surface area contributed by atoms with Crippen LogP contribution in [0, 0.1) is 5.92 Å². The Morgan fingerprint density at radius 2 is 2.00 bits per heavy atom. The maximum atomic E-state index is 11.3. The SMILES string of the molecule is CC(C)Cc1ccc(C(O)CN2CCOC2=O)cc1. The van der Waals surface area contributed by atoms with Gasteiger partial charge in [-0.05, 0) is 23.5 Å². The number of ether oxygens (including phenoxy) is 1. The lowest BCUT2D eigenvalue weighted by atomic mass is 10.00. The molecule has 4 nitrogen and oxygen atoms in total. The van der Waals surface area contributed by atoms with Gasteiger partial charge >= 0.3 is 6.09 Å². The van der Waals surface area contributed by atoms with Crippen molar-refractivity contribution in [3.63, 3.8) is 0 Å². The average molecular weight is 263 g/mol. The fraction of sp³-hybridized carbons (Fsp3) is 0.533. The van der Waals surface area contributed by atoms with Crippen LogP contribution < -0.4 is 0 Å². The third kappa shape index (κ3) is 3.70. The second-order valence-corrected chi connectivity index (χ2v) is 5.42. The van der Waals surface area contributed by atoms with Crippen molar-refractivity contribution in [1.29, 1.82) is 0 Å². The predicted molar refractivity (Wildman–Crippen MR) is 72.9 cm³/mol. The third-order valence-electron chi connectivity index (χ3n) is 3.25. The smallest absolute Gasteiger partial charge is 0.410 e. The first kappa shape index (κ1) is 13.9. The third-order valence-corrected chi connectivity index (χ3v) is 3.25. The van der Waals surface area contributed by atoms with Crippen molar-refractivity contribution in [1.82, 2.24) is 4.90 Å². The molecule has 0 aliphatic carbocycles. The summed E-state index contributed by atoms with van der Waals surface area (Å²) < 4.78 is 4.84. The number of aliphatic hydroxyl groups is 1. The van der Waals surface area contributed by atoms with Crippen LogP contribution in [0.25, 0.3) is 0 Å². The molecule has 1 saturated heterocycles. The molecule has 0 bridgehead atoms. The van der Waals surface area contributed by atoms with Crippen LogP contribution in [-0.2, 0) is 11.2 Å². The molecule has 1 heterocycles. The molecule has 19 heavy (non-hydrogen) atoms. The van der Waals surface area contributed by atoms with E-state index in [4.69, 9.17) is 4.74 Å². The minimum absolute atomic E-state index is 0.294. The molecule has 2 rings (SSSR count). The van der Waals surface area contributed by atoms with E-state index < -0.39 is 6.10 Å². The predicted octanol–water partition coefficient (Wildman–Crippen LogP) is 2.37. The number of rotatable bonds is 5. The molecule has 0 spiro atoms. The first-order valence-corrected chi connectivity index (χ1v) is 6.75. The number of amides is 1. The molecule has 1 atom stereocenters. The number of aliphatic hydroxyl groups excluding tert-OH is 1. The molecule has 1 aliphatic heterocycles. The summed E-state index contributed by atoms with van der Waals surface area (Å²) in [5, 5.41) is 10.1. The highest BCUT2D eigenvalue weighted by Crippen LogP contribution is 2.18. The molecule has 1 aliphatic rings. The number of nitrogens with zero attached hydrogens (tertiary/aromatic N) is 1. The van der Waals surface area contributed by atoms with E-state index in [0.29, 0.717) is 25.6 Å². The molecule has 1 unspecified atom stereocenters. The molecule has 104 valence electrons. The normalized spacial score (nSPS) is 16.8. The molecule has 1 N–H and O–H groups in total.